The van der Waals surface area contributed by atoms with Crippen LogP contribution in [0, 0.1) is 0 Å². The molecule has 0 aliphatic rings. The minimum absolute atomic E-state index is 0.242. The second-order valence-corrected chi connectivity index (χ2v) is 4.80. The molecule has 3 rings (SSSR count). The SMILES string of the molecule is C[C@H](Cn1c(=O)oc2ccccc21)NC(=O)c1ccco1. The van der Waals surface area contributed by atoms with Crippen molar-refractivity contribution in [1.29, 1.82) is 0 Å². The largest absolute Gasteiger partial charge is 0.459 e. The molecule has 0 aliphatic heterocycles. The topological polar surface area (TPSA) is 77.4 Å². The van der Waals surface area contributed by atoms with E-state index in [-0.39, 0.29) is 17.7 Å². The van der Waals surface area contributed by atoms with Gasteiger partial charge < -0.3 is 14.2 Å². The highest BCUT2D eigenvalue weighted by atomic mass is 16.4. The Hall–Kier alpha value is -2.76. The number of rotatable bonds is 4. The Balaban J connectivity index is 1.77. The van der Waals surface area contributed by atoms with Gasteiger partial charge in [0, 0.05) is 12.6 Å². The Morgan fingerprint density at radius 1 is 1.29 bits per heavy atom. The molecule has 21 heavy (non-hydrogen) atoms. The van der Waals surface area contributed by atoms with Crippen LogP contribution in [0.25, 0.3) is 11.1 Å². The lowest BCUT2D eigenvalue weighted by molar-refractivity contribution is 0.0908. The average Bonchev–Trinajstić information content (AvgIpc) is 3.08. The Morgan fingerprint density at radius 2 is 2.10 bits per heavy atom. The zero-order valence-corrected chi connectivity index (χ0v) is 11.4. The van der Waals surface area contributed by atoms with Crippen LogP contribution in [-0.4, -0.2) is 16.5 Å². The number of oxazole rings is 1. The third-order valence-electron chi connectivity index (χ3n) is 3.15. The van der Waals surface area contributed by atoms with Gasteiger partial charge in [-0.05, 0) is 31.2 Å². The van der Waals surface area contributed by atoms with Crippen molar-refractivity contribution >= 4 is 17.0 Å². The quantitative estimate of drug-likeness (QED) is 0.795. The van der Waals surface area contributed by atoms with Crippen LogP contribution in [0.5, 0.6) is 0 Å². The molecule has 3 aromatic rings. The van der Waals surface area contributed by atoms with Crippen molar-refractivity contribution in [3.8, 4) is 0 Å². The average molecular weight is 286 g/mol. The van der Waals surface area contributed by atoms with Crippen molar-refractivity contribution in [3.63, 3.8) is 0 Å². The third kappa shape index (κ3) is 2.60. The lowest BCUT2D eigenvalue weighted by atomic mass is 10.3. The predicted octanol–water partition coefficient (Wildman–Crippen LogP) is 2.01. The van der Waals surface area contributed by atoms with E-state index in [1.54, 1.807) is 30.3 Å². The maximum absolute atomic E-state index is 11.9. The van der Waals surface area contributed by atoms with E-state index in [0.29, 0.717) is 17.6 Å². The van der Waals surface area contributed by atoms with Gasteiger partial charge in [0.2, 0.25) is 0 Å². The zero-order chi connectivity index (χ0) is 14.8. The van der Waals surface area contributed by atoms with Crippen molar-refractivity contribution < 1.29 is 13.6 Å². The van der Waals surface area contributed by atoms with E-state index in [9.17, 15) is 9.59 Å². The summed E-state index contributed by atoms with van der Waals surface area (Å²) in [7, 11) is 0. The van der Waals surface area contributed by atoms with Crippen LogP contribution >= 0.6 is 0 Å². The van der Waals surface area contributed by atoms with E-state index < -0.39 is 5.76 Å². The van der Waals surface area contributed by atoms with Gasteiger partial charge in [0.15, 0.2) is 11.3 Å². The lowest BCUT2D eigenvalue weighted by Crippen LogP contribution is -2.37. The number of furan rings is 1. The van der Waals surface area contributed by atoms with E-state index in [0.717, 1.165) is 0 Å². The number of benzene rings is 1. The molecule has 1 aromatic carbocycles. The van der Waals surface area contributed by atoms with Gasteiger partial charge in [-0.3, -0.25) is 9.36 Å². The van der Waals surface area contributed by atoms with Crippen LogP contribution in [0.3, 0.4) is 0 Å². The summed E-state index contributed by atoms with van der Waals surface area (Å²) in [5, 5.41) is 2.78. The van der Waals surface area contributed by atoms with Gasteiger partial charge in [-0.2, -0.15) is 0 Å². The first-order chi connectivity index (χ1) is 10.1. The molecular weight excluding hydrogens is 272 g/mol. The molecule has 108 valence electrons. The summed E-state index contributed by atoms with van der Waals surface area (Å²) < 4.78 is 11.7. The van der Waals surface area contributed by atoms with E-state index in [1.807, 2.05) is 13.0 Å². The molecule has 2 aromatic heterocycles. The molecule has 0 aliphatic carbocycles. The molecule has 0 saturated carbocycles. The van der Waals surface area contributed by atoms with Gasteiger partial charge in [0.25, 0.3) is 5.91 Å². The molecule has 1 atom stereocenters. The Morgan fingerprint density at radius 3 is 2.86 bits per heavy atom. The van der Waals surface area contributed by atoms with Gasteiger partial charge in [-0.25, -0.2) is 4.79 Å². The van der Waals surface area contributed by atoms with Gasteiger partial charge in [-0.15, -0.1) is 0 Å². The molecule has 0 radical (unpaired) electrons. The number of para-hydroxylation sites is 2. The number of aromatic nitrogens is 1. The number of nitrogens with one attached hydrogen (secondary N) is 1. The van der Waals surface area contributed by atoms with E-state index in [2.05, 4.69) is 5.32 Å². The summed E-state index contributed by atoms with van der Waals surface area (Å²) in [4.78, 5) is 23.7. The molecule has 1 N–H and O–H groups in total. The van der Waals surface area contributed by atoms with Crippen molar-refractivity contribution in [3.05, 3.63) is 59.0 Å². The van der Waals surface area contributed by atoms with Crippen LogP contribution in [0.1, 0.15) is 17.5 Å². The van der Waals surface area contributed by atoms with Gasteiger partial charge in [-0.1, -0.05) is 12.1 Å². The molecule has 0 spiro atoms. The van der Waals surface area contributed by atoms with Crippen molar-refractivity contribution in [2.24, 2.45) is 0 Å². The first-order valence-electron chi connectivity index (χ1n) is 6.58. The van der Waals surface area contributed by atoms with Crippen LogP contribution in [0.2, 0.25) is 0 Å². The highest BCUT2D eigenvalue weighted by Crippen LogP contribution is 2.12. The standard InChI is InChI=1S/C15H14N2O4/c1-10(16-14(18)13-7-4-8-20-13)9-17-11-5-2-3-6-12(11)21-15(17)19/h2-8,10H,9H2,1H3,(H,16,18)/t10-/m1/s1. The molecule has 0 saturated heterocycles. The van der Waals surface area contributed by atoms with E-state index in [1.165, 1.54) is 10.8 Å². The summed E-state index contributed by atoms with van der Waals surface area (Å²) in [5.41, 5.74) is 1.24. The van der Waals surface area contributed by atoms with Crippen molar-refractivity contribution in [2.75, 3.05) is 0 Å². The number of fused-ring (bicyclic) bond motifs is 1. The lowest BCUT2D eigenvalue weighted by Gasteiger charge is -2.13. The minimum Gasteiger partial charge on any atom is -0.459 e. The zero-order valence-electron chi connectivity index (χ0n) is 11.4. The number of hydrogen-bond acceptors (Lipinski definition) is 4. The van der Waals surface area contributed by atoms with Gasteiger partial charge in [0.05, 0.1) is 11.8 Å². The predicted molar refractivity (Wildman–Crippen MR) is 76.1 cm³/mol. The molecule has 0 unspecified atom stereocenters. The highest BCUT2D eigenvalue weighted by molar-refractivity contribution is 5.91. The first kappa shape index (κ1) is 13.2. The Kier molecular flexibility index (Phi) is 3.35. The summed E-state index contributed by atoms with van der Waals surface area (Å²) >= 11 is 0. The Labute approximate surface area is 120 Å². The summed E-state index contributed by atoms with van der Waals surface area (Å²) in [5.74, 6) is -0.505. The summed E-state index contributed by atoms with van der Waals surface area (Å²) in [6.45, 7) is 2.14. The normalized spacial score (nSPS) is 12.4. The molecular formula is C15H14N2O4. The smallest absolute Gasteiger partial charge is 0.420 e. The number of carbonyl (C=O) groups is 1. The third-order valence-corrected chi connectivity index (χ3v) is 3.15. The molecule has 6 nitrogen and oxygen atoms in total. The van der Waals surface area contributed by atoms with Crippen molar-refractivity contribution in [1.82, 2.24) is 9.88 Å². The monoisotopic (exact) mass is 286 g/mol. The van der Waals surface area contributed by atoms with E-state index in [4.69, 9.17) is 8.83 Å². The first-order valence-corrected chi connectivity index (χ1v) is 6.58. The molecule has 1 amide bonds. The number of hydrogen-bond donors (Lipinski definition) is 1. The fourth-order valence-electron chi connectivity index (χ4n) is 2.21. The van der Waals surface area contributed by atoms with Gasteiger partial charge in [0.1, 0.15) is 0 Å². The van der Waals surface area contributed by atoms with Gasteiger partial charge >= 0.3 is 5.76 Å². The number of carbonyl (C=O) groups excluding carboxylic acids is 1. The maximum atomic E-state index is 11.9. The molecule has 0 fully saturated rings. The fourth-order valence-corrected chi connectivity index (χ4v) is 2.21. The van der Waals surface area contributed by atoms with E-state index >= 15 is 0 Å². The molecule has 6 heteroatoms. The second-order valence-electron chi connectivity index (χ2n) is 4.80. The van der Waals surface area contributed by atoms with Crippen LogP contribution in [0.15, 0.2) is 56.3 Å². The van der Waals surface area contributed by atoms with Crippen LogP contribution < -0.4 is 11.1 Å². The summed E-state index contributed by atoms with van der Waals surface area (Å²) in [6.07, 6.45) is 1.44. The van der Waals surface area contributed by atoms with Crippen LogP contribution in [0.4, 0.5) is 0 Å². The van der Waals surface area contributed by atoms with Crippen LogP contribution in [-0.2, 0) is 6.54 Å². The molecule has 0 bridgehead atoms. The minimum atomic E-state index is -0.435. The number of amides is 1. The highest BCUT2D eigenvalue weighted by Gasteiger charge is 2.15. The fraction of sp³-hybridized carbons (Fsp3) is 0.200. The molecule has 2 heterocycles. The Bertz CT molecular complexity index is 814. The van der Waals surface area contributed by atoms with Crippen molar-refractivity contribution in [2.45, 2.75) is 19.5 Å². The maximum Gasteiger partial charge on any atom is 0.420 e. The number of nitrogens with zero attached hydrogens (tertiary/aromatic N) is 1. The summed E-state index contributed by atoms with van der Waals surface area (Å²) in [6, 6.07) is 10.2. The second kappa shape index (κ2) is 5.32.